The molecule has 3 atom stereocenters. The molecule has 0 aromatic heterocycles. The molecule has 5 N–H and O–H groups in total. The van der Waals surface area contributed by atoms with Crippen LogP contribution in [0.5, 0.6) is 0 Å². The largest absolute Gasteiger partial charge is 0.325 e. The van der Waals surface area contributed by atoms with Crippen molar-refractivity contribution in [2.45, 2.75) is 32.2 Å². The van der Waals surface area contributed by atoms with Gasteiger partial charge >= 0.3 is 6.03 Å². The molecule has 7 nitrogen and oxygen atoms in total. The van der Waals surface area contributed by atoms with Crippen LogP contribution in [0.25, 0.3) is 0 Å². The second-order valence-electron chi connectivity index (χ2n) is 7.81. The Morgan fingerprint density at radius 1 is 0.966 bits per heavy atom. The SMILES string of the molecule is Cc1ccc(NC(=O)Nc2ccccc2)cc1NC(=O)C1CCCC2CNNC21. The zero-order chi connectivity index (χ0) is 20.2. The molecule has 3 amide bonds. The van der Waals surface area contributed by atoms with Gasteiger partial charge < -0.3 is 16.0 Å². The Morgan fingerprint density at radius 2 is 1.76 bits per heavy atom. The van der Waals surface area contributed by atoms with Crippen LogP contribution in [-0.4, -0.2) is 24.5 Å². The summed E-state index contributed by atoms with van der Waals surface area (Å²) < 4.78 is 0. The minimum atomic E-state index is -0.325. The molecule has 0 radical (unpaired) electrons. The first-order valence-electron chi connectivity index (χ1n) is 10.1. The maximum absolute atomic E-state index is 13.0. The van der Waals surface area contributed by atoms with Gasteiger partial charge in [0.05, 0.1) is 5.92 Å². The zero-order valence-electron chi connectivity index (χ0n) is 16.5. The highest BCUT2D eigenvalue weighted by atomic mass is 16.2. The van der Waals surface area contributed by atoms with Crippen LogP contribution in [0.15, 0.2) is 48.5 Å². The molecule has 0 spiro atoms. The van der Waals surface area contributed by atoms with E-state index in [1.54, 1.807) is 6.07 Å². The highest BCUT2D eigenvalue weighted by Gasteiger charge is 2.40. The van der Waals surface area contributed by atoms with E-state index in [0.29, 0.717) is 11.6 Å². The monoisotopic (exact) mass is 393 g/mol. The van der Waals surface area contributed by atoms with Crippen LogP contribution >= 0.6 is 0 Å². The zero-order valence-corrected chi connectivity index (χ0v) is 16.5. The lowest BCUT2D eigenvalue weighted by atomic mass is 9.77. The normalized spacial score (nSPS) is 23.1. The van der Waals surface area contributed by atoms with Gasteiger partial charge in [0.1, 0.15) is 0 Å². The summed E-state index contributed by atoms with van der Waals surface area (Å²) in [6, 6.07) is 14.6. The number of benzene rings is 2. The molecule has 7 heteroatoms. The predicted molar refractivity (Wildman–Crippen MR) is 115 cm³/mol. The van der Waals surface area contributed by atoms with Gasteiger partial charge in [-0.1, -0.05) is 30.7 Å². The summed E-state index contributed by atoms with van der Waals surface area (Å²) in [5, 5.41) is 8.69. The number of carbonyl (C=O) groups excluding carboxylic acids is 2. The first-order valence-corrected chi connectivity index (χ1v) is 10.1. The van der Waals surface area contributed by atoms with Crippen LogP contribution in [-0.2, 0) is 4.79 Å². The van der Waals surface area contributed by atoms with Crippen molar-refractivity contribution < 1.29 is 9.59 Å². The van der Waals surface area contributed by atoms with E-state index in [9.17, 15) is 9.59 Å². The molecule has 3 unspecified atom stereocenters. The minimum absolute atomic E-state index is 0.0323. The number of hydrogen-bond donors (Lipinski definition) is 5. The van der Waals surface area contributed by atoms with E-state index in [0.717, 1.165) is 42.7 Å². The predicted octanol–water partition coefficient (Wildman–Crippen LogP) is 3.47. The summed E-state index contributed by atoms with van der Waals surface area (Å²) in [4.78, 5) is 25.2. The lowest BCUT2D eigenvalue weighted by Crippen LogP contribution is -2.45. The van der Waals surface area contributed by atoms with Crippen LogP contribution < -0.4 is 26.8 Å². The molecule has 1 aliphatic carbocycles. The summed E-state index contributed by atoms with van der Waals surface area (Å²) in [6.07, 6.45) is 3.12. The number of carbonyl (C=O) groups is 2. The van der Waals surface area contributed by atoms with E-state index < -0.39 is 0 Å². The second-order valence-corrected chi connectivity index (χ2v) is 7.81. The molecule has 2 fully saturated rings. The van der Waals surface area contributed by atoms with Crippen molar-refractivity contribution >= 4 is 29.0 Å². The highest BCUT2D eigenvalue weighted by Crippen LogP contribution is 2.32. The number of hydrazine groups is 1. The number of urea groups is 1. The van der Waals surface area contributed by atoms with Crippen molar-refractivity contribution in [3.8, 4) is 0 Å². The summed E-state index contributed by atoms with van der Waals surface area (Å²) in [6.45, 7) is 2.87. The number of amides is 3. The van der Waals surface area contributed by atoms with Gasteiger partial charge in [-0.3, -0.25) is 15.6 Å². The number of aryl methyl sites for hydroxylation is 1. The number of rotatable bonds is 4. The number of anilines is 3. The van der Waals surface area contributed by atoms with Gasteiger partial charge in [-0.25, -0.2) is 4.79 Å². The summed E-state index contributed by atoms with van der Waals surface area (Å²) >= 11 is 0. The molecule has 2 aromatic carbocycles. The number of para-hydroxylation sites is 1. The van der Waals surface area contributed by atoms with E-state index >= 15 is 0 Å². The van der Waals surface area contributed by atoms with Crippen molar-refractivity contribution in [3.05, 3.63) is 54.1 Å². The lowest BCUT2D eigenvalue weighted by molar-refractivity contribution is -0.121. The fourth-order valence-corrected chi connectivity index (χ4v) is 4.21. The molecule has 2 aliphatic rings. The molecular weight excluding hydrogens is 366 g/mol. The molecule has 1 aliphatic heterocycles. The molecule has 29 heavy (non-hydrogen) atoms. The number of fused-ring (bicyclic) bond motifs is 1. The third kappa shape index (κ3) is 4.58. The number of nitrogens with one attached hydrogen (secondary N) is 5. The number of hydrogen-bond acceptors (Lipinski definition) is 4. The molecule has 1 saturated carbocycles. The van der Waals surface area contributed by atoms with Crippen molar-refractivity contribution in [2.24, 2.45) is 11.8 Å². The topological polar surface area (TPSA) is 94.3 Å². The van der Waals surface area contributed by atoms with E-state index in [2.05, 4.69) is 26.8 Å². The molecule has 4 rings (SSSR count). The molecule has 1 saturated heterocycles. The Bertz CT molecular complexity index is 886. The van der Waals surface area contributed by atoms with Crippen molar-refractivity contribution in [3.63, 3.8) is 0 Å². The van der Waals surface area contributed by atoms with Crippen LogP contribution in [0.4, 0.5) is 21.9 Å². The van der Waals surface area contributed by atoms with Gasteiger partial charge in [-0.2, -0.15) is 0 Å². The highest BCUT2D eigenvalue weighted by molar-refractivity contribution is 6.01. The molecule has 0 bridgehead atoms. The average Bonchev–Trinajstić information content (AvgIpc) is 3.20. The van der Waals surface area contributed by atoms with Crippen molar-refractivity contribution in [1.29, 1.82) is 0 Å². The van der Waals surface area contributed by atoms with E-state index in [-0.39, 0.29) is 23.9 Å². The maximum Gasteiger partial charge on any atom is 0.323 e. The summed E-state index contributed by atoms with van der Waals surface area (Å²) in [7, 11) is 0. The van der Waals surface area contributed by atoms with Crippen molar-refractivity contribution in [2.75, 3.05) is 22.5 Å². The van der Waals surface area contributed by atoms with E-state index in [1.165, 1.54) is 0 Å². The smallest absolute Gasteiger partial charge is 0.323 e. The van der Waals surface area contributed by atoms with Gasteiger partial charge in [-0.05, 0) is 55.5 Å². The third-order valence-electron chi connectivity index (χ3n) is 5.79. The van der Waals surface area contributed by atoms with Gasteiger partial charge in [-0.15, -0.1) is 0 Å². The maximum atomic E-state index is 13.0. The average molecular weight is 393 g/mol. The van der Waals surface area contributed by atoms with Gasteiger partial charge in [0, 0.05) is 29.6 Å². The Hall–Kier alpha value is -2.90. The van der Waals surface area contributed by atoms with Gasteiger partial charge in [0.2, 0.25) is 5.91 Å². The van der Waals surface area contributed by atoms with Gasteiger partial charge in [0.15, 0.2) is 0 Å². The Balaban J connectivity index is 1.41. The summed E-state index contributed by atoms with van der Waals surface area (Å²) in [5.74, 6) is 0.487. The fourth-order valence-electron chi connectivity index (χ4n) is 4.21. The van der Waals surface area contributed by atoms with Crippen LogP contribution in [0, 0.1) is 18.8 Å². The lowest BCUT2D eigenvalue weighted by Gasteiger charge is -2.31. The van der Waals surface area contributed by atoms with Crippen molar-refractivity contribution in [1.82, 2.24) is 10.9 Å². The quantitative estimate of drug-likeness (QED) is 0.550. The second kappa shape index (κ2) is 8.63. The molecule has 152 valence electrons. The summed E-state index contributed by atoms with van der Waals surface area (Å²) in [5.41, 5.74) is 9.49. The van der Waals surface area contributed by atoms with Crippen LogP contribution in [0.1, 0.15) is 24.8 Å². The minimum Gasteiger partial charge on any atom is -0.325 e. The third-order valence-corrected chi connectivity index (χ3v) is 5.79. The van der Waals surface area contributed by atoms with Crippen LogP contribution in [0.2, 0.25) is 0 Å². The van der Waals surface area contributed by atoms with E-state index in [1.807, 2.05) is 49.4 Å². The first-order chi connectivity index (χ1) is 14.1. The first kappa shape index (κ1) is 19.4. The molecule has 1 heterocycles. The Kier molecular flexibility index (Phi) is 5.78. The Morgan fingerprint density at radius 3 is 2.59 bits per heavy atom. The molecular formula is C22H27N5O2. The fraction of sp³-hybridized carbons (Fsp3) is 0.364. The Labute approximate surface area is 170 Å². The standard InChI is InChI=1S/C22H27N5O2/c1-14-10-11-17(25-22(29)24-16-7-3-2-4-8-16)12-19(14)26-21(28)18-9-5-6-15-13-23-27-20(15)18/h2-4,7-8,10-12,15,18,20,23,27H,5-6,9,13H2,1H3,(H,26,28)(H2,24,25,29). The molecule has 2 aromatic rings. The van der Waals surface area contributed by atoms with Gasteiger partial charge in [0.25, 0.3) is 0 Å². The van der Waals surface area contributed by atoms with Crippen LogP contribution in [0.3, 0.4) is 0 Å². The van der Waals surface area contributed by atoms with E-state index in [4.69, 9.17) is 0 Å².